The average molecular weight is 268 g/mol. The molecule has 2 nitrogen and oxygen atoms in total. The summed E-state index contributed by atoms with van der Waals surface area (Å²) in [7, 11) is 0. The molecule has 0 heterocycles. The van der Waals surface area contributed by atoms with Crippen LogP contribution in [0.25, 0.3) is 0 Å². The maximum absolute atomic E-state index is 3.81. The molecule has 0 aromatic heterocycles. The molecule has 0 bridgehead atoms. The molecule has 0 aliphatic heterocycles. The molecule has 0 aromatic carbocycles. The summed E-state index contributed by atoms with van der Waals surface area (Å²) in [5.74, 6) is 0. The van der Waals surface area contributed by atoms with E-state index in [1.807, 2.05) is 0 Å². The Morgan fingerprint density at radius 1 is 1.00 bits per heavy atom. The molecule has 114 valence electrons. The zero-order chi connectivity index (χ0) is 13.9. The van der Waals surface area contributed by atoms with Gasteiger partial charge in [0.1, 0.15) is 0 Å². The second-order valence-corrected chi connectivity index (χ2v) is 6.34. The lowest BCUT2D eigenvalue weighted by Crippen LogP contribution is -2.44. The van der Waals surface area contributed by atoms with Gasteiger partial charge in [-0.15, -0.1) is 0 Å². The lowest BCUT2D eigenvalue weighted by atomic mass is 9.95. The first-order chi connectivity index (χ1) is 9.27. The van der Waals surface area contributed by atoms with Crippen LogP contribution < -0.4 is 5.32 Å². The maximum Gasteiger partial charge on any atom is 0.0192 e. The molecule has 0 amide bonds. The molecule has 1 unspecified atom stereocenters. The van der Waals surface area contributed by atoms with Gasteiger partial charge in [0.25, 0.3) is 0 Å². The summed E-state index contributed by atoms with van der Waals surface area (Å²) in [5.41, 5.74) is 0. The van der Waals surface area contributed by atoms with Crippen LogP contribution >= 0.6 is 0 Å². The smallest absolute Gasteiger partial charge is 0.0192 e. The van der Waals surface area contributed by atoms with Crippen molar-refractivity contribution < 1.29 is 0 Å². The van der Waals surface area contributed by atoms with Crippen LogP contribution in [-0.4, -0.2) is 36.6 Å². The fraction of sp³-hybridized carbons (Fsp3) is 1.00. The summed E-state index contributed by atoms with van der Waals surface area (Å²) in [6, 6.07) is 1.50. The lowest BCUT2D eigenvalue weighted by Gasteiger charge is -2.31. The summed E-state index contributed by atoms with van der Waals surface area (Å²) in [6.45, 7) is 10.7. The second kappa shape index (κ2) is 10.7. The van der Waals surface area contributed by atoms with Gasteiger partial charge in [-0.05, 0) is 45.7 Å². The molecule has 0 aromatic rings. The minimum absolute atomic E-state index is 0.694. The number of hydrogen-bond donors (Lipinski definition) is 1. The van der Waals surface area contributed by atoms with Crippen molar-refractivity contribution in [2.24, 2.45) is 0 Å². The van der Waals surface area contributed by atoms with Crippen LogP contribution in [0.2, 0.25) is 0 Å². The van der Waals surface area contributed by atoms with E-state index in [4.69, 9.17) is 0 Å². The van der Waals surface area contributed by atoms with E-state index in [2.05, 4.69) is 31.0 Å². The largest absolute Gasteiger partial charge is 0.312 e. The van der Waals surface area contributed by atoms with Crippen molar-refractivity contribution in [2.75, 3.05) is 19.6 Å². The van der Waals surface area contributed by atoms with E-state index >= 15 is 0 Å². The number of unbranched alkanes of at least 4 members (excludes halogenated alkanes) is 2. The third-order valence-electron chi connectivity index (χ3n) is 4.53. The van der Waals surface area contributed by atoms with Gasteiger partial charge in [-0.3, -0.25) is 4.90 Å². The summed E-state index contributed by atoms with van der Waals surface area (Å²) in [6.07, 6.45) is 12.4. The van der Waals surface area contributed by atoms with E-state index in [0.29, 0.717) is 6.04 Å². The minimum Gasteiger partial charge on any atom is -0.312 e. The fourth-order valence-electron chi connectivity index (χ4n) is 3.05. The highest BCUT2D eigenvalue weighted by molar-refractivity contribution is 4.76. The maximum atomic E-state index is 3.81. The second-order valence-electron chi connectivity index (χ2n) is 6.34. The third kappa shape index (κ3) is 7.31. The highest BCUT2D eigenvalue weighted by Crippen LogP contribution is 2.17. The van der Waals surface area contributed by atoms with Gasteiger partial charge in [0.2, 0.25) is 0 Å². The van der Waals surface area contributed by atoms with Gasteiger partial charge in [-0.25, -0.2) is 0 Å². The monoisotopic (exact) mass is 268 g/mol. The molecule has 1 aliphatic carbocycles. The van der Waals surface area contributed by atoms with Gasteiger partial charge in [-0.1, -0.05) is 46.0 Å². The Balaban J connectivity index is 2.25. The molecule has 1 aliphatic rings. The zero-order valence-electron chi connectivity index (χ0n) is 13.6. The van der Waals surface area contributed by atoms with E-state index in [-0.39, 0.29) is 0 Å². The van der Waals surface area contributed by atoms with Gasteiger partial charge in [-0.2, -0.15) is 0 Å². The number of rotatable bonds is 10. The molecule has 0 radical (unpaired) electrons. The first-order valence-corrected chi connectivity index (χ1v) is 8.75. The van der Waals surface area contributed by atoms with Crippen molar-refractivity contribution in [3.05, 3.63) is 0 Å². The molecule has 0 saturated heterocycles. The van der Waals surface area contributed by atoms with Crippen LogP contribution in [-0.2, 0) is 0 Å². The van der Waals surface area contributed by atoms with Crippen LogP contribution in [0.15, 0.2) is 0 Å². The number of nitrogens with zero attached hydrogens (tertiary/aromatic N) is 1. The summed E-state index contributed by atoms with van der Waals surface area (Å²) < 4.78 is 0. The highest BCUT2D eigenvalue weighted by Gasteiger charge is 2.16. The highest BCUT2D eigenvalue weighted by atomic mass is 15.2. The Morgan fingerprint density at radius 3 is 2.11 bits per heavy atom. The molecular formula is C17H36N2. The molecule has 19 heavy (non-hydrogen) atoms. The first kappa shape index (κ1) is 17.0. The summed E-state index contributed by atoms with van der Waals surface area (Å²) in [4.78, 5) is 2.70. The Kier molecular flexibility index (Phi) is 9.54. The van der Waals surface area contributed by atoms with Gasteiger partial charge < -0.3 is 5.32 Å². The van der Waals surface area contributed by atoms with E-state index in [0.717, 1.165) is 6.04 Å². The predicted octanol–water partition coefficient (Wildman–Crippen LogP) is 4.20. The zero-order valence-corrected chi connectivity index (χ0v) is 13.6. The minimum atomic E-state index is 0.694. The quantitative estimate of drug-likeness (QED) is 0.639. The molecule has 1 N–H and O–H groups in total. The molecule has 2 heteroatoms. The Morgan fingerprint density at radius 2 is 1.58 bits per heavy atom. The van der Waals surface area contributed by atoms with Crippen molar-refractivity contribution in [2.45, 2.75) is 90.6 Å². The van der Waals surface area contributed by atoms with Gasteiger partial charge in [0.15, 0.2) is 0 Å². The Labute approximate surface area is 121 Å². The normalized spacial score (nSPS) is 18.9. The molecule has 1 fully saturated rings. The van der Waals surface area contributed by atoms with E-state index in [9.17, 15) is 0 Å². The third-order valence-corrected chi connectivity index (χ3v) is 4.53. The van der Waals surface area contributed by atoms with Gasteiger partial charge in [0, 0.05) is 18.6 Å². The van der Waals surface area contributed by atoms with Crippen molar-refractivity contribution in [1.82, 2.24) is 10.2 Å². The standard InChI is InChI=1S/C17H36N2/c1-4-6-13-19(14-7-5-2)16(3)15-18-17-11-9-8-10-12-17/h16-18H,4-15H2,1-3H3. The van der Waals surface area contributed by atoms with Crippen LogP contribution in [0.4, 0.5) is 0 Å². The molecule has 1 atom stereocenters. The number of nitrogens with one attached hydrogen (secondary N) is 1. The van der Waals surface area contributed by atoms with E-state index in [1.165, 1.54) is 77.4 Å². The average Bonchev–Trinajstić information content (AvgIpc) is 2.46. The van der Waals surface area contributed by atoms with Crippen LogP contribution in [0.3, 0.4) is 0 Å². The predicted molar refractivity (Wildman–Crippen MR) is 85.7 cm³/mol. The van der Waals surface area contributed by atoms with Gasteiger partial charge >= 0.3 is 0 Å². The lowest BCUT2D eigenvalue weighted by molar-refractivity contribution is 0.190. The topological polar surface area (TPSA) is 15.3 Å². The van der Waals surface area contributed by atoms with Crippen LogP contribution in [0.1, 0.15) is 78.6 Å². The van der Waals surface area contributed by atoms with Crippen molar-refractivity contribution in [1.29, 1.82) is 0 Å². The van der Waals surface area contributed by atoms with Crippen molar-refractivity contribution >= 4 is 0 Å². The molecule has 1 rings (SSSR count). The van der Waals surface area contributed by atoms with Crippen LogP contribution in [0, 0.1) is 0 Å². The molecular weight excluding hydrogens is 232 g/mol. The number of hydrogen-bond acceptors (Lipinski definition) is 2. The van der Waals surface area contributed by atoms with Crippen molar-refractivity contribution in [3.8, 4) is 0 Å². The Hall–Kier alpha value is -0.0800. The Bertz CT molecular complexity index is 191. The van der Waals surface area contributed by atoms with E-state index in [1.54, 1.807) is 0 Å². The molecule has 1 saturated carbocycles. The van der Waals surface area contributed by atoms with Gasteiger partial charge in [0.05, 0.1) is 0 Å². The summed E-state index contributed by atoms with van der Waals surface area (Å²) in [5, 5.41) is 3.81. The first-order valence-electron chi connectivity index (χ1n) is 8.75. The van der Waals surface area contributed by atoms with Crippen LogP contribution in [0.5, 0.6) is 0 Å². The summed E-state index contributed by atoms with van der Waals surface area (Å²) >= 11 is 0. The molecule has 0 spiro atoms. The fourth-order valence-corrected chi connectivity index (χ4v) is 3.05. The SMILES string of the molecule is CCCCN(CCCC)C(C)CNC1CCCCC1. The van der Waals surface area contributed by atoms with Crippen molar-refractivity contribution in [3.63, 3.8) is 0 Å². The van der Waals surface area contributed by atoms with E-state index < -0.39 is 0 Å².